The molecule has 96 valence electrons. The SMILES string of the molecule is CCCCCC(C)c1ccc2cc(Cl)ccc2c1. The molecule has 0 aromatic heterocycles. The van der Waals surface area contributed by atoms with Crippen LogP contribution in [0.25, 0.3) is 10.8 Å². The molecule has 0 aliphatic rings. The topological polar surface area (TPSA) is 0 Å². The van der Waals surface area contributed by atoms with Gasteiger partial charge in [0.25, 0.3) is 0 Å². The van der Waals surface area contributed by atoms with Crippen LogP contribution in [0.5, 0.6) is 0 Å². The summed E-state index contributed by atoms with van der Waals surface area (Å²) in [4.78, 5) is 0. The van der Waals surface area contributed by atoms with Gasteiger partial charge >= 0.3 is 0 Å². The zero-order valence-electron chi connectivity index (χ0n) is 11.2. The van der Waals surface area contributed by atoms with Gasteiger partial charge < -0.3 is 0 Å². The van der Waals surface area contributed by atoms with Crippen molar-refractivity contribution in [3.63, 3.8) is 0 Å². The standard InChI is InChI=1S/C17H21Cl/c1-3-4-5-6-13(2)14-7-8-16-12-17(18)10-9-15(16)11-14/h7-13H,3-6H2,1-2H3. The van der Waals surface area contributed by atoms with E-state index in [4.69, 9.17) is 11.6 Å². The first kappa shape index (κ1) is 13.4. The highest BCUT2D eigenvalue weighted by Gasteiger charge is 2.06. The van der Waals surface area contributed by atoms with Gasteiger partial charge in [-0.25, -0.2) is 0 Å². The number of unbranched alkanes of at least 4 members (excludes halogenated alkanes) is 2. The molecule has 1 heteroatoms. The van der Waals surface area contributed by atoms with E-state index in [1.165, 1.54) is 42.0 Å². The number of hydrogen-bond donors (Lipinski definition) is 0. The van der Waals surface area contributed by atoms with Crippen LogP contribution in [0.3, 0.4) is 0 Å². The van der Waals surface area contributed by atoms with Gasteiger partial charge in [-0.05, 0) is 40.8 Å². The molecule has 0 bridgehead atoms. The van der Waals surface area contributed by atoms with Crippen molar-refractivity contribution in [1.82, 2.24) is 0 Å². The fraction of sp³-hybridized carbons (Fsp3) is 0.412. The van der Waals surface area contributed by atoms with E-state index in [0.29, 0.717) is 5.92 Å². The van der Waals surface area contributed by atoms with Crippen molar-refractivity contribution >= 4 is 22.4 Å². The number of halogens is 1. The zero-order chi connectivity index (χ0) is 13.0. The average molecular weight is 261 g/mol. The van der Waals surface area contributed by atoms with Crippen LogP contribution in [0.2, 0.25) is 5.02 Å². The lowest BCUT2D eigenvalue weighted by Gasteiger charge is -2.12. The van der Waals surface area contributed by atoms with Crippen LogP contribution >= 0.6 is 11.6 Å². The Kier molecular flexibility index (Phi) is 4.66. The lowest BCUT2D eigenvalue weighted by atomic mass is 9.93. The summed E-state index contributed by atoms with van der Waals surface area (Å²) in [5.74, 6) is 0.650. The van der Waals surface area contributed by atoms with Crippen LogP contribution in [-0.2, 0) is 0 Å². The van der Waals surface area contributed by atoms with Gasteiger partial charge in [0.05, 0.1) is 0 Å². The van der Waals surface area contributed by atoms with Gasteiger partial charge in [0, 0.05) is 5.02 Å². The Balaban J connectivity index is 2.16. The van der Waals surface area contributed by atoms with E-state index in [1.54, 1.807) is 0 Å². The summed E-state index contributed by atoms with van der Waals surface area (Å²) in [5, 5.41) is 3.33. The molecule has 0 aliphatic heterocycles. The number of fused-ring (bicyclic) bond motifs is 1. The van der Waals surface area contributed by atoms with E-state index in [0.717, 1.165) is 5.02 Å². The summed E-state index contributed by atoms with van der Waals surface area (Å²) in [6.07, 6.45) is 5.25. The molecule has 0 fully saturated rings. The molecule has 1 atom stereocenters. The van der Waals surface area contributed by atoms with E-state index < -0.39 is 0 Å². The first-order valence-electron chi connectivity index (χ1n) is 6.90. The maximum Gasteiger partial charge on any atom is 0.0412 e. The summed E-state index contributed by atoms with van der Waals surface area (Å²) in [6.45, 7) is 4.58. The molecule has 0 N–H and O–H groups in total. The van der Waals surface area contributed by atoms with Crippen LogP contribution in [0, 0.1) is 0 Å². The second-order valence-electron chi connectivity index (χ2n) is 5.15. The smallest absolute Gasteiger partial charge is 0.0412 e. The Morgan fingerprint density at radius 2 is 1.72 bits per heavy atom. The normalized spacial score (nSPS) is 12.8. The van der Waals surface area contributed by atoms with Gasteiger partial charge in [-0.3, -0.25) is 0 Å². The molecule has 18 heavy (non-hydrogen) atoms. The highest BCUT2D eigenvalue weighted by molar-refractivity contribution is 6.31. The summed E-state index contributed by atoms with van der Waals surface area (Å²) < 4.78 is 0. The third-order valence-corrected chi connectivity index (χ3v) is 3.87. The lowest BCUT2D eigenvalue weighted by Crippen LogP contribution is -1.93. The van der Waals surface area contributed by atoms with Gasteiger partial charge in [0.1, 0.15) is 0 Å². The van der Waals surface area contributed by atoms with Gasteiger partial charge in [0.15, 0.2) is 0 Å². The fourth-order valence-corrected chi connectivity index (χ4v) is 2.59. The third kappa shape index (κ3) is 3.26. The molecule has 2 aromatic rings. The molecule has 1 unspecified atom stereocenters. The highest BCUT2D eigenvalue weighted by Crippen LogP contribution is 2.27. The summed E-state index contributed by atoms with van der Waals surface area (Å²) in [7, 11) is 0. The van der Waals surface area contributed by atoms with E-state index in [-0.39, 0.29) is 0 Å². The number of rotatable bonds is 5. The minimum absolute atomic E-state index is 0.650. The summed E-state index contributed by atoms with van der Waals surface area (Å²) in [6, 6.07) is 12.8. The van der Waals surface area contributed by atoms with Crippen molar-refractivity contribution in [3.05, 3.63) is 47.0 Å². The lowest BCUT2D eigenvalue weighted by molar-refractivity contribution is 0.598. The van der Waals surface area contributed by atoms with Crippen LogP contribution < -0.4 is 0 Å². The highest BCUT2D eigenvalue weighted by atomic mass is 35.5. The molecule has 0 radical (unpaired) electrons. The molecular weight excluding hydrogens is 240 g/mol. The maximum absolute atomic E-state index is 6.01. The summed E-state index contributed by atoms with van der Waals surface area (Å²) >= 11 is 6.01. The Morgan fingerprint density at radius 3 is 2.50 bits per heavy atom. The zero-order valence-corrected chi connectivity index (χ0v) is 12.0. The van der Waals surface area contributed by atoms with E-state index in [1.807, 2.05) is 12.1 Å². The van der Waals surface area contributed by atoms with E-state index in [9.17, 15) is 0 Å². The van der Waals surface area contributed by atoms with E-state index >= 15 is 0 Å². The van der Waals surface area contributed by atoms with Crippen molar-refractivity contribution in [3.8, 4) is 0 Å². The van der Waals surface area contributed by atoms with Crippen LogP contribution in [-0.4, -0.2) is 0 Å². The van der Waals surface area contributed by atoms with Crippen LogP contribution in [0.4, 0.5) is 0 Å². The minimum Gasteiger partial charge on any atom is -0.0843 e. The second kappa shape index (κ2) is 6.24. The third-order valence-electron chi connectivity index (χ3n) is 3.64. The number of hydrogen-bond acceptors (Lipinski definition) is 0. The molecule has 0 heterocycles. The molecule has 0 spiro atoms. The monoisotopic (exact) mass is 260 g/mol. The van der Waals surface area contributed by atoms with Crippen LogP contribution in [0.15, 0.2) is 36.4 Å². The predicted octanol–water partition coefficient (Wildman–Crippen LogP) is 6.18. The molecule has 0 saturated heterocycles. The minimum atomic E-state index is 0.650. The fourth-order valence-electron chi connectivity index (χ4n) is 2.41. The molecule has 2 aromatic carbocycles. The van der Waals surface area contributed by atoms with Gasteiger partial charge in [0.2, 0.25) is 0 Å². The largest absolute Gasteiger partial charge is 0.0843 e. The van der Waals surface area contributed by atoms with Crippen molar-refractivity contribution in [2.24, 2.45) is 0 Å². The molecule has 0 aliphatic carbocycles. The van der Waals surface area contributed by atoms with Gasteiger partial charge in [-0.2, -0.15) is 0 Å². The van der Waals surface area contributed by atoms with Crippen LogP contribution in [0.1, 0.15) is 51.0 Å². The van der Waals surface area contributed by atoms with Crippen molar-refractivity contribution in [2.75, 3.05) is 0 Å². The Hall–Kier alpha value is -1.01. The Labute approximate surface area is 115 Å². The van der Waals surface area contributed by atoms with Crippen molar-refractivity contribution in [2.45, 2.75) is 45.4 Å². The first-order valence-corrected chi connectivity index (χ1v) is 7.27. The van der Waals surface area contributed by atoms with Crippen molar-refractivity contribution < 1.29 is 0 Å². The summed E-state index contributed by atoms with van der Waals surface area (Å²) in [5.41, 5.74) is 1.45. The first-order chi connectivity index (χ1) is 8.70. The Morgan fingerprint density at radius 1 is 1.00 bits per heavy atom. The average Bonchev–Trinajstić information content (AvgIpc) is 2.38. The Bertz CT molecular complexity index is 516. The molecule has 0 saturated carbocycles. The molecule has 0 amide bonds. The van der Waals surface area contributed by atoms with Gasteiger partial charge in [-0.15, -0.1) is 0 Å². The number of benzene rings is 2. The molecular formula is C17H21Cl. The second-order valence-corrected chi connectivity index (χ2v) is 5.58. The predicted molar refractivity (Wildman–Crippen MR) is 81.5 cm³/mol. The molecule has 0 nitrogen and oxygen atoms in total. The van der Waals surface area contributed by atoms with E-state index in [2.05, 4.69) is 38.1 Å². The van der Waals surface area contributed by atoms with Crippen molar-refractivity contribution in [1.29, 1.82) is 0 Å². The quantitative estimate of drug-likeness (QED) is 0.563. The molecule has 2 rings (SSSR count). The van der Waals surface area contributed by atoms with Gasteiger partial charge in [-0.1, -0.05) is 69.0 Å². The maximum atomic E-state index is 6.01.